The summed E-state index contributed by atoms with van der Waals surface area (Å²) in [6.45, 7) is -0.266. The number of non-ortho nitro benzene ring substituents is 1. The van der Waals surface area contributed by atoms with Crippen LogP contribution in [0, 0.1) is 10.1 Å². The Morgan fingerprint density at radius 2 is 1.76 bits per heavy atom. The van der Waals surface area contributed by atoms with E-state index in [9.17, 15) is 23.3 Å². The molecule has 0 aliphatic heterocycles. The molecule has 10 nitrogen and oxygen atoms in total. The van der Waals surface area contributed by atoms with Crippen LogP contribution in [-0.2, 0) is 21.4 Å². The number of rotatable bonds is 8. The molecule has 1 aromatic heterocycles. The largest absolute Gasteiger partial charge is 0.452 e. The van der Waals surface area contributed by atoms with Crippen LogP contribution in [-0.4, -0.2) is 24.3 Å². The molecule has 0 saturated heterocycles. The smallest absolute Gasteiger partial charge is 0.340 e. The van der Waals surface area contributed by atoms with Gasteiger partial charge in [0.15, 0.2) is 12.4 Å². The summed E-state index contributed by atoms with van der Waals surface area (Å²) in [5, 5.41) is 11.0. The van der Waals surface area contributed by atoms with Crippen LogP contribution in [0.15, 0.2) is 94.4 Å². The van der Waals surface area contributed by atoms with Gasteiger partial charge < -0.3 is 9.15 Å². The number of nitro groups is 1. The average Bonchev–Trinajstić information content (AvgIpc) is 3.32. The van der Waals surface area contributed by atoms with E-state index in [1.165, 1.54) is 42.6 Å². The number of oxazole rings is 1. The van der Waals surface area contributed by atoms with Gasteiger partial charge >= 0.3 is 5.97 Å². The summed E-state index contributed by atoms with van der Waals surface area (Å²) < 4.78 is 38.7. The summed E-state index contributed by atoms with van der Waals surface area (Å²) in [6, 6.07) is 19.7. The quantitative estimate of drug-likeness (QED) is 0.222. The van der Waals surface area contributed by atoms with E-state index in [1.807, 2.05) is 30.3 Å². The van der Waals surface area contributed by atoms with Crippen LogP contribution in [0.2, 0.25) is 0 Å². The second-order valence-corrected chi connectivity index (χ2v) is 8.65. The number of hydrogen-bond donors (Lipinski definition) is 1. The number of anilines is 1. The summed E-state index contributed by atoms with van der Waals surface area (Å²) in [5.41, 5.74) is 0.340. The minimum atomic E-state index is -4.21. The summed E-state index contributed by atoms with van der Waals surface area (Å²) in [6.07, 6.45) is 1.51. The van der Waals surface area contributed by atoms with E-state index in [0.29, 0.717) is 5.76 Å². The third-order valence-electron chi connectivity index (χ3n) is 4.67. The Hall–Kier alpha value is -4.51. The molecule has 0 spiro atoms. The molecule has 1 heterocycles. The Morgan fingerprint density at radius 1 is 1.03 bits per heavy atom. The van der Waals surface area contributed by atoms with Gasteiger partial charge in [0.25, 0.3) is 15.7 Å². The zero-order valence-electron chi connectivity index (χ0n) is 17.5. The van der Waals surface area contributed by atoms with Crippen molar-refractivity contribution in [3.05, 3.63) is 107 Å². The fourth-order valence-corrected chi connectivity index (χ4v) is 4.15. The molecule has 4 rings (SSSR count). The number of nitrogens with one attached hydrogen (secondary N) is 1. The summed E-state index contributed by atoms with van der Waals surface area (Å²) >= 11 is 0. The summed E-state index contributed by atoms with van der Waals surface area (Å²) in [5.74, 6) is -0.129. The number of aromatic nitrogens is 1. The van der Waals surface area contributed by atoms with Crippen LogP contribution in [0.3, 0.4) is 0 Å². The number of benzene rings is 3. The Balaban J connectivity index is 1.49. The van der Waals surface area contributed by atoms with E-state index in [2.05, 4.69) is 9.71 Å². The number of sulfonamides is 1. The predicted octanol–water partition coefficient (Wildman–Crippen LogP) is 4.41. The summed E-state index contributed by atoms with van der Waals surface area (Å²) in [4.78, 5) is 26.7. The van der Waals surface area contributed by atoms with Crippen LogP contribution in [0.5, 0.6) is 0 Å². The highest BCUT2D eigenvalue weighted by atomic mass is 32.2. The van der Waals surface area contributed by atoms with Crippen LogP contribution >= 0.6 is 0 Å². The van der Waals surface area contributed by atoms with Gasteiger partial charge in [0.1, 0.15) is 0 Å². The molecular weight excluding hydrogens is 462 g/mol. The van der Waals surface area contributed by atoms with Gasteiger partial charge in [-0.3, -0.25) is 14.8 Å². The molecule has 172 valence electrons. The van der Waals surface area contributed by atoms with Gasteiger partial charge in [-0.05, 0) is 18.2 Å². The van der Waals surface area contributed by atoms with E-state index < -0.39 is 20.9 Å². The first-order chi connectivity index (χ1) is 16.3. The van der Waals surface area contributed by atoms with Crippen molar-refractivity contribution in [3.8, 4) is 11.3 Å². The number of nitrogens with zero attached hydrogens (tertiary/aromatic N) is 2. The van der Waals surface area contributed by atoms with Crippen molar-refractivity contribution in [2.45, 2.75) is 11.5 Å². The van der Waals surface area contributed by atoms with Crippen LogP contribution < -0.4 is 4.72 Å². The van der Waals surface area contributed by atoms with Crippen LogP contribution in [0.4, 0.5) is 11.4 Å². The fourth-order valence-electron chi connectivity index (χ4n) is 3.04. The van der Waals surface area contributed by atoms with Gasteiger partial charge in [-0.2, -0.15) is 0 Å². The lowest BCUT2D eigenvalue weighted by Gasteiger charge is -2.12. The number of nitro benzene ring substituents is 1. The number of esters is 1. The Labute approximate surface area is 194 Å². The monoisotopic (exact) mass is 479 g/mol. The average molecular weight is 479 g/mol. The molecular formula is C23H17N3O7S. The highest BCUT2D eigenvalue weighted by Gasteiger charge is 2.21. The Bertz CT molecular complexity index is 1450. The number of ether oxygens (including phenoxy) is 1. The lowest BCUT2D eigenvalue weighted by atomic mass is 10.2. The molecule has 1 N–H and O–H groups in total. The molecule has 4 aromatic rings. The second kappa shape index (κ2) is 9.55. The maximum Gasteiger partial charge on any atom is 0.340 e. The third kappa shape index (κ3) is 5.10. The van der Waals surface area contributed by atoms with Gasteiger partial charge in [0, 0.05) is 17.7 Å². The van der Waals surface area contributed by atoms with Crippen molar-refractivity contribution < 1.29 is 27.3 Å². The van der Waals surface area contributed by atoms with Crippen LogP contribution in [0.25, 0.3) is 11.3 Å². The molecule has 0 aliphatic carbocycles. The van der Waals surface area contributed by atoms with E-state index >= 15 is 0 Å². The molecule has 3 aromatic carbocycles. The molecule has 0 saturated carbocycles. The molecule has 0 atom stereocenters. The molecule has 11 heteroatoms. The lowest BCUT2D eigenvalue weighted by molar-refractivity contribution is -0.385. The third-order valence-corrected chi connectivity index (χ3v) is 6.03. The van der Waals surface area contributed by atoms with Crippen molar-refractivity contribution >= 4 is 27.4 Å². The van der Waals surface area contributed by atoms with E-state index in [4.69, 9.17) is 9.15 Å². The van der Waals surface area contributed by atoms with Gasteiger partial charge in [-0.1, -0.05) is 48.5 Å². The number of carbonyl (C=O) groups is 1. The first-order valence-corrected chi connectivity index (χ1v) is 11.4. The van der Waals surface area contributed by atoms with E-state index in [-0.39, 0.29) is 34.3 Å². The van der Waals surface area contributed by atoms with Gasteiger partial charge in [-0.15, -0.1) is 0 Å². The minimum absolute atomic E-state index is 0.0450. The maximum absolute atomic E-state index is 12.8. The van der Waals surface area contributed by atoms with Crippen molar-refractivity contribution in [2.75, 3.05) is 4.72 Å². The zero-order chi connectivity index (χ0) is 24.1. The number of carbonyl (C=O) groups excluding carboxylic acids is 1. The highest BCUT2D eigenvalue weighted by Crippen LogP contribution is 2.24. The molecule has 0 radical (unpaired) electrons. The van der Waals surface area contributed by atoms with E-state index in [0.717, 1.165) is 11.6 Å². The Morgan fingerprint density at radius 3 is 2.53 bits per heavy atom. The summed E-state index contributed by atoms with van der Waals surface area (Å²) in [7, 11) is -4.21. The molecule has 0 bridgehead atoms. The van der Waals surface area contributed by atoms with Gasteiger partial charge in [-0.25, -0.2) is 18.2 Å². The van der Waals surface area contributed by atoms with Crippen LogP contribution in [0.1, 0.15) is 16.2 Å². The van der Waals surface area contributed by atoms with Gasteiger partial charge in [0.05, 0.1) is 27.3 Å². The predicted molar refractivity (Wildman–Crippen MR) is 121 cm³/mol. The lowest BCUT2D eigenvalue weighted by Crippen LogP contribution is -2.16. The van der Waals surface area contributed by atoms with Gasteiger partial charge in [0.2, 0.25) is 5.89 Å². The molecule has 0 unspecified atom stereocenters. The SMILES string of the molecule is O=C(OCc1ncc(-c2ccccc2)o1)c1ccccc1NS(=O)(=O)c1cccc([N+](=O)[O-])c1. The number of para-hydroxylation sites is 1. The fraction of sp³-hybridized carbons (Fsp3) is 0.0435. The topological polar surface area (TPSA) is 142 Å². The normalized spacial score (nSPS) is 11.1. The van der Waals surface area contributed by atoms with Crippen molar-refractivity contribution in [1.29, 1.82) is 0 Å². The second-order valence-electron chi connectivity index (χ2n) is 6.97. The first kappa shape index (κ1) is 22.7. The molecule has 0 aliphatic rings. The van der Waals surface area contributed by atoms with E-state index in [1.54, 1.807) is 6.07 Å². The zero-order valence-corrected chi connectivity index (χ0v) is 18.3. The van der Waals surface area contributed by atoms with Crippen molar-refractivity contribution in [1.82, 2.24) is 4.98 Å². The molecule has 0 amide bonds. The molecule has 34 heavy (non-hydrogen) atoms. The van der Waals surface area contributed by atoms with Crippen molar-refractivity contribution in [3.63, 3.8) is 0 Å². The maximum atomic E-state index is 12.8. The van der Waals surface area contributed by atoms with Crippen molar-refractivity contribution in [2.24, 2.45) is 0 Å². The minimum Gasteiger partial charge on any atom is -0.452 e. The Kier molecular flexibility index (Phi) is 6.37. The first-order valence-electron chi connectivity index (χ1n) is 9.87. The standard InChI is InChI=1S/C23H17N3O7S/c27-23(32-15-22-24-14-21(33-22)16-7-2-1-3-8-16)19-11-4-5-12-20(19)25-34(30,31)18-10-6-9-17(13-18)26(28)29/h1-14,25H,15H2. The number of hydrogen-bond acceptors (Lipinski definition) is 8. The highest BCUT2D eigenvalue weighted by molar-refractivity contribution is 7.92. The molecule has 0 fully saturated rings.